The zero-order chi connectivity index (χ0) is 19.2. The zero-order valence-electron chi connectivity index (χ0n) is 14.4. The fraction of sp³-hybridized carbons (Fsp3) is 0.105. The fourth-order valence-corrected chi connectivity index (χ4v) is 3.19. The maximum absolute atomic E-state index is 12.4. The minimum absolute atomic E-state index is 0.0784. The molecule has 0 aliphatic carbocycles. The van der Waals surface area contributed by atoms with Crippen LogP contribution in [0.5, 0.6) is 0 Å². The molecule has 0 atom stereocenters. The minimum atomic E-state index is -0.333. The van der Waals surface area contributed by atoms with Crippen molar-refractivity contribution in [2.75, 3.05) is 28.2 Å². The van der Waals surface area contributed by atoms with Crippen LogP contribution in [0, 0.1) is 0 Å². The molecule has 27 heavy (non-hydrogen) atoms. The molecular weight excluding hydrogens is 364 g/mol. The lowest BCUT2D eigenvalue weighted by molar-refractivity contribution is -0.113. The van der Waals surface area contributed by atoms with E-state index in [1.165, 1.54) is 11.8 Å². The monoisotopic (exact) mass is 382 g/mol. The molecule has 4 N–H and O–H groups in total. The minimum Gasteiger partial charge on any atom is -0.334 e. The second-order valence-electron chi connectivity index (χ2n) is 5.70. The van der Waals surface area contributed by atoms with Gasteiger partial charge in [0.2, 0.25) is 5.91 Å². The Morgan fingerprint density at radius 3 is 2.52 bits per heavy atom. The summed E-state index contributed by atoms with van der Waals surface area (Å²) in [6.45, 7) is 3.90. The van der Waals surface area contributed by atoms with Gasteiger partial charge in [-0.1, -0.05) is 6.08 Å². The number of rotatable bonds is 5. The normalized spacial score (nSPS) is 12.4. The molecule has 1 aliphatic rings. The smallest absolute Gasteiger partial charge is 0.319 e. The van der Waals surface area contributed by atoms with Gasteiger partial charge in [-0.05, 0) is 42.5 Å². The number of nitrogens with one attached hydrogen (secondary N) is 4. The highest BCUT2D eigenvalue weighted by atomic mass is 32.2. The lowest BCUT2D eigenvalue weighted by atomic mass is 10.1. The summed E-state index contributed by atoms with van der Waals surface area (Å²) in [6, 6.07) is 11.6. The molecule has 0 radical (unpaired) electrons. The Hall–Kier alpha value is -3.26. The zero-order valence-corrected chi connectivity index (χ0v) is 15.2. The molecule has 1 heterocycles. The molecule has 0 aromatic heterocycles. The molecule has 0 fully saturated rings. The second kappa shape index (κ2) is 8.41. The van der Waals surface area contributed by atoms with Crippen LogP contribution >= 0.6 is 11.8 Å². The van der Waals surface area contributed by atoms with Crippen molar-refractivity contribution in [1.29, 1.82) is 0 Å². The third-order valence-electron chi connectivity index (χ3n) is 3.68. The summed E-state index contributed by atoms with van der Waals surface area (Å²) in [6.07, 6.45) is 1.59. The third kappa shape index (κ3) is 4.89. The van der Waals surface area contributed by atoms with E-state index in [-0.39, 0.29) is 17.8 Å². The van der Waals surface area contributed by atoms with Crippen molar-refractivity contribution in [3.63, 3.8) is 0 Å². The van der Waals surface area contributed by atoms with Crippen LogP contribution in [-0.4, -0.2) is 30.1 Å². The van der Waals surface area contributed by atoms with Gasteiger partial charge in [-0.2, -0.15) is 0 Å². The van der Waals surface area contributed by atoms with E-state index in [9.17, 15) is 14.4 Å². The molecule has 0 spiro atoms. The second-order valence-corrected chi connectivity index (χ2v) is 6.72. The van der Waals surface area contributed by atoms with Crippen LogP contribution in [0.4, 0.5) is 21.9 Å². The van der Waals surface area contributed by atoms with Crippen LogP contribution in [0.1, 0.15) is 10.4 Å². The van der Waals surface area contributed by atoms with Crippen molar-refractivity contribution in [2.45, 2.75) is 4.90 Å². The van der Waals surface area contributed by atoms with E-state index in [4.69, 9.17) is 0 Å². The van der Waals surface area contributed by atoms with E-state index in [0.717, 1.165) is 4.90 Å². The van der Waals surface area contributed by atoms with Gasteiger partial charge in [0.25, 0.3) is 5.91 Å². The number of carbonyl (C=O) groups excluding carboxylic acids is 3. The van der Waals surface area contributed by atoms with Gasteiger partial charge >= 0.3 is 6.03 Å². The van der Waals surface area contributed by atoms with Crippen LogP contribution in [-0.2, 0) is 4.79 Å². The number of hydrogen-bond acceptors (Lipinski definition) is 4. The van der Waals surface area contributed by atoms with Gasteiger partial charge in [0, 0.05) is 28.4 Å². The highest BCUT2D eigenvalue weighted by molar-refractivity contribution is 8.00. The Labute approximate surface area is 160 Å². The van der Waals surface area contributed by atoms with Gasteiger partial charge in [-0.15, -0.1) is 18.3 Å². The highest BCUT2D eigenvalue weighted by Crippen LogP contribution is 2.32. The Kier molecular flexibility index (Phi) is 5.77. The number of urea groups is 1. The molecule has 0 saturated heterocycles. The van der Waals surface area contributed by atoms with Crippen LogP contribution in [0.3, 0.4) is 0 Å². The largest absolute Gasteiger partial charge is 0.334 e. The molecule has 3 rings (SSSR count). The summed E-state index contributed by atoms with van der Waals surface area (Å²) in [5, 5.41) is 10.8. The number of anilines is 3. The van der Waals surface area contributed by atoms with E-state index in [2.05, 4.69) is 27.8 Å². The summed E-state index contributed by atoms with van der Waals surface area (Å²) in [7, 11) is 0. The predicted molar refractivity (Wildman–Crippen MR) is 107 cm³/mol. The number of thioether (sulfide) groups is 1. The topological polar surface area (TPSA) is 99.3 Å². The maximum atomic E-state index is 12.4. The van der Waals surface area contributed by atoms with Gasteiger partial charge in [-0.3, -0.25) is 9.59 Å². The van der Waals surface area contributed by atoms with Crippen molar-refractivity contribution < 1.29 is 14.4 Å². The molecule has 1 aliphatic heterocycles. The highest BCUT2D eigenvalue weighted by Gasteiger charge is 2.17. The quantitative estimate of drug-likeness (QED) is 0.596. The maximum Gasteiger partial charge on any atom is 0.319 e. The van der Waals surface area contributed by atoms with Crippen molar-refractivity contribution in [1.82, 2.24) is 5.32 Å². The predicted octanol–water partition coefficient (Wildman–Crippen LogP) is 3.29. The average Bonchev–Trinajstić information content (AvgIpc) is 2.67. The van der Waals surface area contributed by atoms with Crippen molar-refractivity contribution in [3.05, 3.63) is 60.7 Å². The summed E-state index contributed by atoms with van der Waals surface area (Å²) in [5.41, 5.74) is 2.28. The molecule has 0 unspecified atom stereocenters. The third-order valence-corrected chi connectivity index (χ3v) is 4.76. The Balaban J connectivity index is 1.62. The van der Waals surface area contributed by atoms with Gasteiger partial charge < -0.3 is 21.3 Å². The Morgan fingerprint density at radius 2 is 1.81 bits per heavy atom. The molecule has 7 nitrogen and oxygen atoms in total. The van der Waals surface area contributed by atoms with E-state index < -0.39 is 0 Å². The van der Waals surface area contributed by atoms with Crippen molar-refractivity contribution in [2.24, 2.45) is 0 Å². The van der Waals surface area contributed by atoms with Crippen LogP contribution in [0.25, 0.3) is 0 Å². The first-order valence-electron chi connectivity index (χ1n) is 8.19. The molecule has 4 amide bonds. The first kappa shape index (κ1) is 18.5. The van der Waals surface area contributed by atoms with Gasteiger partial charge in [-0.25, -0.2) is 4.79 Å². The standard InChI is InChI=1S/C19H18N4O3S/c1-2-9-20-19(26)22-14-6-4-13(5-7-14)21-18(25)12-3-8-16-15(10-12)23-17(24)11-27-16/h2-8,10H,1,9,11H2,(H,21,25)(H,23,24)(H2,20,22,26). The van der Waals surface area contributed by atoms with E-state index in [1.54, 1.807) is 42.5 Å². The number of benzene rings is 2. The number of hydrogen-bond donors (Lipinski definition) is 4. The molecule has 8 heteroatoms. The molecule has 138 valence electrons. The Bertz CT molecular complexity index is 896. The van der Waals surface area contributed by atoms with Crippen LogP contribution in [0.2, 0.25) is 0 Å². The SMILES string of the molecule is C=CCNC(=O)Nc1ccc(NC(=O)c2ccc3c(c2)NC(=O)CS3)cc1. The fourth-order valence-electron chi connectivity index (χ4n) is 2.40. The van der Waals surface area contributed by atoms with Gasteiger partial charge in [0.1, 0.15) is 0 Å². The van der Waals surface area contributed by atoms with E-state index in [0.29, 0.717) is 34.9 Å². The first-order chi connectivity index (χ1) is 13.0. The molecule has 0 bridgehead atoms. The summed E-state index contributed by atoms with van der Waals surface area (Å²) in [5.74, 6) is 0.0159. The number of carbonyl (C=O) groups is 3. The van der Waals surface area contributed by atoms with E-state index >= 15 is 0 Å². The average molecular weight is 382 g/mol. The lowest BCUT2D eigenvalue weighted by Gasteiger charge is -2.17. The van der Waals surface area contributed by atoms with Gasteiger partial charge in [0.15, 0.2) is 0 Å². The van der Waals surface area contributed by atoms with Crippen molar-refractivity contribution in [3.8, 4) is 0 Å². The summed E-state index contributed by atoms with van der Waals surface area (Å²) >= 11 is 1.44. The Morgan fingerprint density at radius 1 is 1.11 bits per heavy atom. The molecular formula is C19H18N4O3S. The molecule has 2 aromatic rings. The summed E-state index contributed by atoms with van der Waals surface area (Å²) in [4.78, 5) is 36.5. The molecule has 0 saturated carbocycles. The summed E-state index contributed by atoms with van der Waals surface area (Å²) < 4.78 is 0. The lowest BCUT2D eigenvalue weighted by Crippen LogP contribution is -2.28. The number of fused-ring (bicyclic) bond motifs is 1. The van der Waals surface area contributed by atoms with Crippen LogP contribution < -0.4 is 21.3 Å². The first-order valence-corrected chi connectivity index (χ1v) is 9.17. The van der Waals surface area contributed by atoms with Crippen molar-refractivity contribution >= 4 is 46.7 Å². The van der Waals surface area contributed by atoms with Gasteiger partial charge in [0.05, 0.1) is 11.4 Å². The van der Waals surface area contributed by atoms with E-state index in [1.807, 2.05) is 6.07 Å². The van der Waals surface area contributed by atoms with Crippen LogP contribution in [0.15, 0.2) is 60.0 Å². The number of amides is 4. The molecule has 2 aromatic carbocycles.